The Balaban J connectivity index is 2.83. The van der Waals surface area contributed by atoms with Gasteiger partial charge in [0.05, 0.1) is 5.69 Å². The summed E-state index contributed by atoms with van der Waals surface area (Å²) in [5.74, 6) is 0. The lowest BCUT2D eigenvalue weighted by molar-refractivity contribution is 0.254. The molecule has 5 heteroatoms. The van der Waals surface area contributed by atoms with E-state index in [0.29, 0.717) is 5.69 Å². The van der Waals surface area contributed by atoms with E-state index in [-0.39, 0.29) is 0 Å². The first-order chi connectivity index (χ1) is 6.15. The summed E-state index contributed by atoms with van der Waals surface area (Å²) in [6, 6.07) is 6.59. The van der Waals surface area contributed by atoms with E-state index in [9.17, 15) is 4.79 Å². The molecule has 1 aromatic rings. The summed E-state index contributed by atoms with van der Waals surface area (Å²) in [6.07, 6.45) is 0. The monoisotopic (exact) mass is 218 g/mol. The molecule has 0 aliphatic heterocycles. The molecule has 0 atom stereocenters. The second kappa shape index (κ2) is 4.35. The standard InChI is InChI=1S/C8H8Cl2N2O/c1-6-2-4-7(5-3-6)12(10)8(13)11-9/h2-5H,1H3,(H,11,13). The molecule has 2 amide bonds. The maximum absolute atomic E-state index is 10.9. The van der Waals surface area contributed by atoms with E-state index in [2.05, 4.69) is 0 Å². The summed E-state index contributed by atoms with van der Waals surface area (Å²) in [5, 5.41) is 0. The highest BCUT2D eigenvalue weighted by atomic mass is 35.5. The molecule has 3 nitrogen and oxygen atoms in total. The number of benzene rings is 1. The van der Waals surface area contributed by atoms with Crippen molar-refractivity contribution >= 4 is 35.3 Å². The van der Waals surface area contributed by atoms with E-state index in [4.69, 9.17) is 23.6 Å². The lowest BCUT2D eigenvalue weighted by Crippen LogP contribution is -2.27. The van der Waals surface area contributed by atoms with Gasteiger partial charge in [-0.1, -0.05) is 17.7 Å². The van der Waals surface area contributed by atoms with Crippen LogP contribution >= 0.6 is 23.6 Å². The Hall–Kier alpha value is -0.930. The van der Waals surface area contributed by atoms with Crippen LogP contribution in [0.15, 0.2) is 24.3 Å². The quantitative estimate of drug-likeness (QED) is 0.723. The second-order valence-corrected chi connectivity index (χ2v) is 3.04. The molecule has 13 heavy (non-hydrogen) atoms. The highest BCUT2D eigenvalue weighted by molar-refractivity contribution is 6.39. The number of carbonyl (C=O) groups is 1. The van der Waals surface area contributed by atoms with E-state index in [1.54, 1.807) is 12.1 Å². The topological polar surface area (TPSA) is 32.3 Å². The molecule has 1 aromatic carbocycles. The van der Waals surface area contributed by atoms with Crippen LogP contribution in [-0.4, -0.2) is 6.03 Å². The van der Waals surface area contributed by atoms with Crippen LogP contribution in [0.5, 0.6) is 0 Å². The van der Waals surface area contributed by atoms with Crippen LogP contribution in [0.1, 0.15) is 5.56 Å². The molecule has 0 unspecified atom stereocenters. The number of hydrogen-bond donors (Lipinski definition) is 1. The summed E-state index contributed by atoms with van der Waals surface area (Å²) < 4.78 is 0.909. The van der Waals surface area contributed by atoms with Crippen LogP contribution in [0.4, 0.5) is 10.5 Å². The number of amides is 2. The number of carbonyl (C=O) groups excluding carboxylic acids is 1. The maximum atomic E-state index is 10.9. The zero-order valence-corrected chi connectivity index (χ0v) is 8.43. The molecule has 0 saturated carbocycles. The fourth-order valence-corrected chi connectivity index (χ4v) is 1.11. The summed E-state index contributed by atoms with van der Waals surface area (Å²) >= 11 is 10.7. The van der Waals surface area contributed by atoms with Crippen molar-refractivity contribution in [3.8, 4) is 0 Å². The van der Waals surface area contributed by atoms with Gasteiger partial charge < -0.3 is 0 Å². The SMILES string of the molecule is Cc1ccc(N(Cl)C(=O)NCl)cc1. The molecule has 0 radical (unpaired) electrons. The normalized spacial score (nSPS) is 9.46. The predicted molar refractivity (Wildman–Crippen MR) is 53.9 cm³/mol. The zero-order valence-electron chi connectivity index (χ0n) is 6.92. The van der Waals surface area contributed by atoms with Crippen molar-refractivity contribution in [2.45, 2.75) is 6.92 Å². The minimum Gasteiger partial charge on any atom is -0.248 e. The Bertz CT molecular complexity index is 300. The van der Waals surface area contributed by atoms with Crippen molar-refractivity contribution in [2.24, 2.45) is 0 Å². The largest absolute Gasteiger partial charge is 0.351 e. The lowest BCUT2D eigenvalue weighted by atomic mass is 10.2. The number of nitrogens with zero attached hydrogens (tertiary/aromatic N) is 1. The Morgan fingerprint density at radius 2 is 1.92 bits per heavy atom. The number of rotatable bonds is 1. The molecule has 0 aromatic heterocycles. The molecule has 0 spiro atoms. The van der Waals surface area contributed by atoms with Crippen LogP contribution < -0.4 is 9.25 Å². The number of nitrogens with one attached hydrogen (secondary N) is 1. The van der Waals surface area contributed by atoms with Gasteiger partial charge in [-0.25, -0.2) is 14.0 Å². The van der Waals surface area contributed by atoms with Gasteiger partial charge in [0.25, 0.3) is 0 Å². The van der Waals surface area contributed by atoms with E-state index < -0.39 is 6.03 Å². The van der Waals surface area contributed by atoms with Gasteiger partial charge in [0.2, 0.25) is 0 Å². The Labute approximate surface area is 86.5 Å². The number of anilines is 1. The average Bonchev–Trinajstić information content (AvgIpc) is 2.17. The van der Waals surface area contributed by atoms with Crippen LogP contribution in [0.2, 0.25) is 0 Å². The number of aryl methyl sites for hydroxylation is 1. The van der Waals surface area contributed by atoms with Gasteiger partial charge in [-0.15, -0.1) is 0 Å². The fourth-order valence-electron chi connectivity index (χ4n) is 0.830. The Morgan fingerprint density at radius 1 is 1.38 bits per heavy atom. The third-order valence-electron chi connectivity index (χ3n) is 1.52. The van der Waals surface area contributed by atoms with Gasteiger partial charge >= 0.3 is 6.03 Å². The third-order valence-corrected chi connectivity index (χ3v) is 2.03. The van der Waals surface area contributed by atoms with Crippen molar-refractivity contribution in [1.82, 2.24) is 4.84 Å². The molecule has 0 heterocycles. The first-order valence-electron chi connectivity index (χ1n) is 3.58. The number of urea groups is 1. The molecular formula is C8H8Cl2N2O. The van der Waals surface area contributed by atoms with E-state index in [1.165, 1.54) is 0 Å². The van der Waals surface area contributed by atoms with Crippen LogP contribution in [-0.2, 0) is 0 Å². The van der Waals surface area contributed by atoms with Gasteiger partial charge in [-0.05, 0) is 19.1 Å². The second-order valence-electron chi connectivity index (χ2n) is 2.52. The smallest absolute Gasteiger partial charge is 0.248 e. The molecule has 0 fully saturated rings. The highest BCUT2D eigenvalue weighted by Crippen LogP contribution is 2.17. The van der Waals surface area contributed by atoms with Crippen LogP contribution in [0.25, 0.3) is 0 Å². The number of halogens is 2. The molecular weight excluding hydrogens is 211 g/mol. The minimum atomic E-state index is -0.577. The van der Waals surface area contributed by atoms with Crippen molar-refractivity contribution in [1.29, 1.82) is 0 Å². The summed E-state index contributed by atoms with van der Waals surface area (Å²) in [7, 11) is 0. The zero-order chi connectivity index (χ0) is 9.84. The minimum absolute atomic E-state index is 0.574. The maximum Gasteiger partial charge on any atom is 0.351 e. The summed E-state index contributed by atoms with van der Waals surface area (Å²) in [5.41, 5.74) is 1.67. The predicted octanol–water partition coefficient (Wildman–Crippen LogP) is 2.82. The summed E-state index contributed by atoms with van der Waals surface area (Å²) in [6.45, 7) is 1.95. The van der Waals surface area contributed by atoms with Gasteiger partial charge in [0.1, 0.15) is 0 Å². The first-order valence-corrected chi connectivity index (χ1v) is 4.30. The third kappa shape index (κ3) is 2.50. The molecule has 0 saturated heterocycles. The first kappa shape index (κ1) is 10.2. The van der Waals surface area contributed by atoms with E-state index >= 15 is 0 Å². The lowest BCUT2D eigenvalue weighted by Gasteiger charge is -2.11. The molecule has 1 N–H and O–H groups in total. The number of hydrogen-bond acceptors (Lipinski definition) is 1. The fraction of sp³-hybridized carbons (Fsp3) is 0.125. The molecule has 70 valence electrons. The molecule has 0 aliphatic carbocycles. The Morgan fingerprint density at radius 3 is 2.38 bits per heavy atom. The van der Waals surface area contributed by atoms with Crippen molar-refractivity contribution in [2.75, 3.05) is 4.42 Å². The average molecular weight is 219 g/mol. The van der Waals surface area contributed by atoms with E-state index in [0.717, 1.165) is 9.98 Å². The highest BCUT2D eigenvalue weighted by Gasteiger charge is 2.10. The van der Waals surface area contributed by atoms with E-state index in [1.807, 2.05) is 23.9 Å². The van der Waals surface area contributed by atoms with Crippen LogP contribution in [0, 0.1) is 6.92 Å². The molecule has 0 aliphatic rings. The summed E-state index contributed by atoms with van der Waals surface area (Å²) in [4.78, 5) is 12.9. The van der Waals surface area contributed by atoms with Gasteiger partial charge in [-0.3, -0.25) is 0 Å². The molecule has 1 rings (SSSR count). The van der Waals surface area contributed by atoms with Gasteiger partial charge in [0.15, 0.2) is 0 Å². The van der Waals surface area contributed by atoms with Crippen LogP contribution in [0.3, 0.4) is 0 Å². The van der Waals surface area contributed by atoms with Crippen molar-refractivity contribution in [3.63, 3.8) is 0 Å². The van der Waals surface area contributed by atoms with Crippen molar-refractivity contribution < 1.29 is 4.79 Å². The van der Waals surface area contributed by atoms with Gasteiger partial charge in [0, 0.05) is 23.6 Å². The van der Waals surface area contributed by atoms with Crippen molar-refractivity contribution in [3.05, 3.63) is 29.8 Å². The van der Waals surface area contributed by atoms with Gasteiger partial charge in [-0.2, -0.15) is 0 Å². The molecule has 0 bridgehead atoms. The Kier molecular flexibility index (Phi) is 3.39.